The Bertz CT molecular complexity index is 1390. The number of carbonyl (C=O) groups is 1. The molecule has 0 saturated heterocycles. The van der Waals surface area contributed by atoms with E-state index in [1.807, 2.05) is 44.2 Å². The van der Waals surface area contributed by atoms with Crippen LogP contribution in [-0.2, 0) is 13.0 Å². The van der Waals surface area contributed by atoms with E-state index >= 15 is 0 Å². The Morgan fingerprint density at radius 2 is 2.00 bits per heavy atom. The van der Waals surface area contributed by atoms with Crippen LogP contribution in [0.15, 0.2) is 75.0 Å². The number of pyridine rings is 2. The molecule has 0 spiro atoms. The molecular formula is C26H23N3O2S2. The first-order valence-electron chi connectivity index (χ1n) is 10.8. The summed E-state index contributed by atoms with van der Waals surface area (Å²) >= 11 is 3.44. The molecule has 1 aliphatic heterocycles. The van der Waals surface area contributed by atoms with Crippen molar-refractivity contribution in [1.82, 2.24) is 14.9 Å². The molecule has 33 heavy (non-hydrogen) atoms. The maximum atomic E-state index is 13.4. The smallest absolute Gasteiger partial charge is 0.257 e. The summed E-state index contributed by atoms with van der Waals surface area (Å²) in [6.07, 6.45) is 0.582. The lowest BCUT2D eigenvalue weighted by Crippen LogP contribution is -2.32. The fourth-order valence-electron chi connectivity index (χ4n) is 4.28. The van der Waals surface area contributed by atoms with Crippen LogP contribution in [0.5, 0.6) is 0 Å². The standard InChI is InChI=1S/C26H23N3O2S2/c1-16-6-5-7-19(28-16)14-27-26(31)25-21-13-24(18-10-11-32-15-18)33-23-9-4-3-8-20(23)29(21)17(2)12-22(25)30/h3-12,15,24H,13-14H2,1-2H3,(H,27,31). The summed E-state index contributed by atoms with van der Waals surface area (Å²) in [5, 5.41) is 7.25. The zero-order valence-electron chi connectivity index (χ0n) is 18.4. The van der Waals surface area contributed by atoms with Crippen molar-refractivity contribution in [2.24, 2.45) is 0 Å². The molecule has 0 bridgehead atoms. The number of benzene rings is 1. The number of rotatable bonds is 4. The van der Waals surface area contributed by atoms with Gasteiger partial charge < -0.3 is 9.88 Å². The van der Waals surface area contributed by atoms with Crippen LogP contribution in [0.1, 0.15) is 43.9 Å². The predicted molar refractivity (Wildman–Crippen MR) is 134 cm³/mol. The van der Waals surface area contributed by atoms with Crippen molar-refractivity contribution in [3.05, 3.63) is 109 Å². The summed E-state index contributed by atoms with van der Waals surface area (Å²) in [6, 6.07) is 17.6. The molecule has 0 saturated carbocycles. The van der Waals surface area contributed by atoms with Crippen molar-refractivity contribution >= 4 is 29.0 Å². The number of nitrogens with zero attached hydrogens (tertiary/aromatic N) is 2. The van der Waals surface area contributed by atoms with Crippen molar-refractivity contribution < 1.29 is 4.79 Å². The number of fused-ring (bicyclic) bond motifs is 3. The van der Waals surface area contributed by atoms with Gasteiger partial charge in [-0.25, -0.2) is 0 Å². The van der Waals surface area contributed by atoms with Crippen molar-refractivity contribution in [2.75, 3.05) is 0 Å². The second kappa shape index (κ2) is 9.00. The molecule has 0 aliphatic carbocycles. The summed E-state index contributed by atoms with van der Waals surface area (Å²) < 4.78 is 2.08. The van der Waals surface area contributed by atoms with Crippen LogP contribution in [-0.4, -0.2) is 15.5 Å². The van der Waals surface area contributed by atoms with E-state index < -0.39 is 0 Å². The van der Waals surface area contributed by atoms with E-state index in [4.69, 9.17) is 0 Å². The predicted octanol–water partition coefficient (Wildman–Crippen LogP) is 5.23. The van der Waals surface area contributed by atoms with E-state index in [0.717, 1.165) is 33.4 Å². The maximum Gasteiger partial charge on any atom is 0.257 e. The van der Waals surface area contributed by atoms with Crippen LogP contribution in [0.4, 0.5) is 0 Å². The zero-order chi connectivity index (χ0) is 22.9. The van der Waals surface area contributed by atoms with Crippen LogP contribution in [0, 0.1) is 13.8 Å². The SMILES string of the molecule is Cc1cccc(CNC(=O)c2c3n(c(C)cc2=O)-c2ccccc2SC(c2ccsc2)C3)n1. The number of thiophene rings is 1. The topological polar surface area (TPSA) is 64.0 Å². The minimum Gasteiger partial charge on any atom is -0.346 e. The van der Waals surface area contributed by atoms with Crippen molar-refractivity contribution in [1.29, 1.82) is 0 Å². The molecule has 5 nitrogen and oxygen atoms in total. The lowest BCUT2D eigenvalue weighted by molar-refractivity contribution is 0.0947. The quantitative estimate of drug-likeness (QED) is 0.441. The minimum atomic E-state index is -0.361. The van der Waals surface area contributed by atoms with Gasteiger partial charge in [-0.15, -0.1) is 11.8 Å². The Balaban J connectivity index is 1.61. The van der Waals surface area contributed by atoms with Crippen molar-refractivity contribution in [3.8, 4) is 5.69 Å². The number of amides is 1. The first-order valence-corrected chi connectivity index (χ1v) is 12.6. The molecule has 7 heteroatoms. The number of aryl methyl sites for hydroxylation is 2. The highest BCUT2D eigenvalue weighted by Gasteiger charge is 2.29. The van der Waals surface area contributed by atoms with Gasteiger partial charge in [0.1, 0.15) is 5.56 Å². The van der Waals surface area contributed by atoms with Gasteiger partial charge in [0.15, 0.2) is 5.43 Å². The normalized spacial score (nSPS) is 14.8. The highest BCUT2D eigenvalue weighted by Crippen LogP contribution is 2.44. The van der Waals surface area contributed by atoms with Gasteiger partial charge in [-0.3, -0.25) is 14.6 Å². The molecule has 1 unspecified atom stereocenters. The second-order valence-corrected chi connectivity index (χ2v) is 10.1. The second-order valence-electron chi connectivity index (χ2n) is 8.10. The number of hydrogen-bond acceptors (Lipinski definition) is 5. The molecule has 4 aromatic rings. The fourth-order valence-corrected chi connectivity index (χ4v) is 6.35. The van der Waals surface area contributed by atoms with Gasteiger partial charge in [0.2, 0.25) is 0 Å². The molecule has 1 amide bonds. The summed E-state index contributed by atoms with van der Waals surface area (Å²) in [4.78, 5) is 32.1. The van der Waals surface area contributed by atoms with Gasteiger partial charge in [-0.05, 0) is 60.5 Å². The van der Waals surface area contributed by atoms with Gasteiger partial charge >= 0.3 is 0 Å². The lowest BCUT2D eigenvalue weighted by atomic mass is 10.0. The number of hydrogen-bond donors (Lipinski definition) is 1. The van der Waals surface area contributed by atoms with E-state index in [0.29, 0.717) is 6.42 Å². The Labute approximate surface area is 200 Å². The third-order valence-corrected chi connectivity index (χ3v) is 7.79. The molecule has 3 aromatic heterocycles. The van der Waals surface area contributed by atoms with Crippen LogP contribution in [0.25, 0.3) is 5.69 Å². The molecule has 166 valence electrons. The third kappa shape index (κ3) is 4.26. The fraction of sp³-hybridized carbons (Fsp3) is 0.192. The van der Waals surface area contributed by atoms with E-state index in [-0.39, 0.29) is 28.7 Å². The molecule has 1 aromatic carbocycles. The molecule has 0 fully saturated rings. The molecule has 1 aliphatic rings. The molecule has 1 N–H and O–H groups in total. The number of aromatic nitrogens is 2. The van der Waals surface area contributed by atoms with Gasteiger partial charge in [0.05, 0.1) is 17.9 Å². The van der Waals surface area contributed by atoms with E-state index in [1.165, 1.54) is 5.56 Å². The first kappa shape index (κ1) is 21.7. The number of thioether (sulfide) groups is 1. The van der Waals surface area contributed by atoms with E-state index in [2.05, 4.69) is 43.8 Å². The summed E-state index contributed by atoms with van der Waals surface area (Å²) in [5.74, 6) is -0.361. The molecular weight excluding hydrogens is 450 g/mol. The molecule has 4 heterocycles. The van der Waals surface area contributed by atoms with Gasteiger partial charge in [-0.1, -0.05) is 18.2 Å². The Kier molecular flexibility index (Phi) is 5.91. The summed E-state index contributed by atoms with van der Waals surface area (Å²) in [6.45, 7) is 4.11. The molecule has 0 radical (unpaired) electrons. The summed E-state index contributed by atoms with van der Waals surface area (Å²) in [5.41, 5.74) is 5.40. The Morgan fingerprint density at radius 3 is 2.79 bits per heavy atom. The Hall–Kier alpha value is -3.16. The minimum absolute atomic E-state index is 0.109. The summed E-state index contributed by atoms with van der Waals surface area (Å²) in [7, 11) is 0. The third-order valence-electron chi connectivity index (χ3n) is 5.77. The van der Waals surface area contributed by atoms with Gasteiger partial charge in [0.25, 0.3) is 5.91 Å². The Morgan fingerprint density at radius 1 is 1.15 bits per heavy atom. The monoisotopic (exact) mass is 473 g/mol. The molecule has 5 rings (SSSR count). The van der Waals surface area contributed by atoms with Crippen molar-refractivity contribution in [2.45, 2.75) is 37.0 Å². The number of para-hydroxylation sites is 1. The van der Waals surface area contributed by atoms with Crippen LogP contribution in [0.2, 0.25) is 0 Å². The number of carbonyl (C=O) groups excluding carboxylic acids is 1. The highest BCUT2D eigenvalue weighted by molar-refractivity contribution is 7.99. The highest BCUT2D eigenvalue weighted by atomic mass is 32.2. The zero-order valence-corrected chi connectivity index (χ0v) is 20.0. The van der Waals surface area contributed by atoms with Crippen LogP contribution in [0.3, 0.4) is 0 Å². The number of nitrogens with one attached hydrogen (secondary N) is 1. The van der Waals surface area contributed by atoms with Crippen molar-refractivity contribution in [3.63, 3.8) is 0 Å². The van der Waals surface area contributed by atoms with Crippen LogP contribution >= 0.6 is 23.1 Å². The van der Waals surface area contributed by atoms with Crippen LogP contribution < -0.4 is 10.7 Å². The average molecular weight is 474 g/mol. The maximum absolute atomic E-state index is 13.4. The van der Waals surface area contributed by atoms with E-state index in [1.54, 1.807) is 29.2 Å². The largest absolute Gasteiger partial charge is 0.346 e. The lowest BCUT2D eigenvalue weighted by Gasteiger charge is -2.20. The first-order chi connectivity index (χ1) is 16.0. The van der Waals surface area contributed by atoms with Gasteiger partial charge in [-0.2, -0.15) is 11.3 Å². The average Bonchev–Trinajstić information content (AvgIpc) is 3.27. The van der Waals surface area contributed by atoms with E-state index in [9.17, 15) is 9.59 Å². The molecule has 1 atom stereocenters. The van der Waals surface area contributed by atoms with Gasteiger partial charge in [0, 0.05) is 39.7 Å².